The molecule has 3 heteroatoms. The number of nitrogens with two attached hydrogens (primary N) is 1. The Morgan fingerprint density at radius 3 is 2.26 bits per heavy atom. The first kappa shape index (κ1) is 15.7. The van der Waals surface area contributed by atoms with Crippen molar-refractivity contribution in [3.8, 4) is 0 Å². The first-order chi connectivity index (χ1) is 8.73. The third-order valence-corrected chi connectivity index (χ3v) is 3.80. The van der Waals surface area contributed by atoms with Gasteiger partial charge in [0.1, 0.15) is 0 Å². The first-order valence-electron chi connectivity index (χ1n) is 6.79. The number of carbonyl (C=O) groups excluding carboxylic acids is 1. The van der Waals surface area contributed by atoms with Crippen molar-refractivity contribution in [1.29, 1.82) is 0 Å². The van der Waals surface area contributed by atoms with Crippen LogP contribution in [0.15, 0.2) is 30.3 Å². The molecule has 2 atom stereocenters. The summed E-state index contributed by atoms with van der Waals surface area (Å²) in [6, 6.07) is 9.58. The Hall–Kier alpha value is -1.35. The van der Waals surface area contributed by atoms with Crippen LogP contribution in [0.5, 0.6) is 0 Å². The van der Waals surface area contributed by atoms with Crippen LogP contribution in [0.1, 0.15) is 33.3 Å². The third kappa shape index (κ3) is 4.35. The van der Waals surface area contributed by atoms with Gasteiger partial charge in [0, 0.05) is 13.1 Å². The van der Waals surface area contributed by atoms with Gasteiger partial charge in [-0.1, -0.05) is 51.1 Å². The molecule has 0 saturated heterocycles. The summed E-state index contributed by atoms with van der Waals surface area (Å²) in [6.07, 6.45) is 0.584. The number of hydrogen-bond acceptors (Lipinski definition) is 2. The molecule has 1 amide bonds. The summed E-state index contributed by atoms with van der Waals surface area (Å²) in [6.45, 7) is 8.45. The van der Waals surface area contributed by atoms with Gasteiger partial charge in [-0.05, 0) is 24.3 Å². The molecule has 0 aliphatic rings. The van der Waals surface area contributed by atoms with E-state index in [4.69, 9.17) is 5.73 Å². The van der Waals surface area contributed by atoms with Crippen molar-refractivity contribution >= 4 is 5.91 Å². The fraction of sp³-hybridized carbons (Fsp3) is 0.562. The van der Waals surface area contributed by atoms with E-state index in [0.717, 1.165) is 5.56 Å². The van der Waals surface area contributed by atoms with Gasteiger partial charge in [0.25, 0.3) is 0 Å². The van der Waals surface area contributed by atoms with Crippen molar-refractivity contribution in [2.24, 2.45) is 11.1 Å². The highest BCUT2D eigenvalue weighted by Gasteiger charge is 2.29. The lowest BCUT2D eigenvalue weighted by molar-refractivity contribution is -0.135. The Labute approximate surface area is 116 Å². The van der Waals surface area contributed by atoms with Crippen LogP contribution in [0.4, 0.5) is 0 Å². The molecule has 0 saturated carbocycles. The van der Waals surface area contributed by atoms with Gasteiger partial charge in [-0.3, -0.25) is 4.79 Å². The molecule has 2 unspecified atom stereocenters. The van der Waals surface area contributed by atoms with E-state index in [1.165, 1.54) is 0 Å². The highest BCUT2D eigenvalue weighted by atomic mass is 16.2. The minimum atomic E-state index is -0.475. The summed E-state index contributed by atoms with van der Waals surface area (Å²) in [7, 11) is 1.84. The zero-order chi connectivity index (χ0) is 14.6. The largest absolute Gasteiger partial charge is 0.341 e. The topological polar surface area (TPSA) is 46.3 Å². The average molecular weight is 262 g/mol. The predicted octanol–water partition coefficient (Wildman–Crippen LogP) is 2.45. The Morgan fingerprint density at radius 1 is 1.26 bits per heavy atom. The fourth-order valence-electron chi connectivity index (χ4n) is 1.99. The van der Waals surface area contributed by atoms with E-state index in [-0.39, 0.29) is 17.4 Å². The molecule has 3 nitrogen and oxygen atoms in total. The molecule has 0 aliphatic heterocycles. The van der Waals surface area contributed by atoms with E-state index in [9.17, 15) is 4.79 Å². The molecule has 0 aliphatic carbocycles. The Morgan fingerprint density at radius 2 is 1.79 bits per heavy atom. The predicted molar refractivity (Wildman–Crippen MR) is 79.8 cm³/mol. The number of amides is 1. The Bertz CT molecular complexity index is 409. The van der Waals surface area contributed by atoms with Crippen LogP contribution in [0.2, 0.25) is 0 Å². The maximum absolute atomic E-state index is 12.3. The van der Waals surface area contributed by atoms with E-state index < -0.39 is 6.04 Å². The van der Waals surface area contributed by atoms with Crippen LogP contribution in [0, 0.1) is 5.41 Å². The second-order valence-corrected chi connectivity index (χ2v) is 6.29. The lowest BCUT2D eigenvalue weighted by Crippen LogP contribution is -2.50. The molecule has 0 fully saturated rings. The number of benzene rings is 1. The molecule has 0 spiro atoms. The molecular formula is C16H26N2O. The van der Waals surface area contributed by atoms with Crippen LogP contribution < -0.4 is 5.73 Å². The maximum Gasteiger partial charge on any atom is 0.239 e. The molecular weight excluding hydrogens is 236 g/mol. The summed E-state index contributed by atoms with van der Waals surface area (Å²) < 4.78 is 0. The summed E-state index contributed by atoms with van der Waals surface area (Å²) >= 11 is 0. The first-order valence-corrected chi connectivity index (χ1v) is 6.79. The van der Waals surface area contributed by atoms with Gasteiger partial charge in [-0.15, -0.1) is 0 Å². The smallest absolute Gasteiger partial charge is 0.239 e. The zero-order valence-electron chi connectivity index (χ0n) is 12.7. The highest BCUT2D eigenvalue weighted by molar-refractivity contribution is 5.82. The number of rotatable bonds is 4. The molecule has 19 heavy (non-hydrogen) atoms. The second kappa shape index (κ2) is 6.20. The Balaban J connectivity index is 2.67. The van der Waals surface area contributed by atoms with Gasteiger partial charge in [-0.25, -0.2) is 0 Å². The van der Waals surface area contributed by atoms with Crippen molar-refractivity contribution < 1.29 is 4.79 Å². The molecule has 0 radical (unpaired) electrons. The van der Waals surface area contributed by atoms with Crippen molar-refractivity contribution in [1.82, 2.24) is 4.90 Å². The average Bonchev–Trinajstić information content (AvgIpc) is 2.36. The molecule has 2 N–H and O–H groups in total. The van der Waals surface area contributed by atoms with Crippen LogP contribution in [0.3, 0.4) is 0 Å². The quantitative estimate of drug-likeness (QED) is 0.906. The van der Waals surface area contributed by atoms with Gasteiger partial charge in [0.2, 0.25) is 5.91 Å². The monoisotopic (exact) mass is 262 g/mol. The number of carbonyl (C=O) groups is 1. The highest BCUT2D eigenvalue weighted by Crippen LogP contribution is 2.23. The summed E-state index contributed by atoms with van der Waals surface area (Å²) in [5.74, 6) is 0.00581. The van der Waals surface area contributed by atoms with Gasteiger partial charge in [0.15, 0.2) is 0 Å². The maximum atomic E-state index is 12.3. The lowest BCUT2D eigenvalue weighted by atomic mass is 9.87. The lowest BCUT2D eigenvalue weighted by Gasteiger charge is -2.36. The van der Waals surface area contributed by atoms with Crippen LogP contribution in [0.25, 0.3) is 0 Å². The molecule has 0 aromatic heterocycles. The summed E-state index contributed by atoms with van der Waals surface area (Å²) in [5, 5.41) is 0. The molecule has 0 bridgehead atoms. The number of hydrogen-bond donors (Lipinski definition) is 1. The van der Waals surface area contributed by atoms with Gasteiger partial charge >= 0.3 is 0 Å². The van der Waals surface area contributed by atoms with Crippen molar-refractivity contribution in [3.05, 3.63) is 35.9 Å². The van der Waals surface area contributed by atoms with Crippen molar-refractivity contribution in [2.45, 2.75) is 46.2 Å². The fourth-order valence-corrected chi connectivity index (χ4v) is 1.99. The number of likely N-dealkylation sites (N-methyl/N-ethyl adjacent to an activating group) is 1. The van der Waals surface area contributed by atoms with Crippen LogP contribution in [-0.4, -0.2) is 29.9 Å². The standard InChI is InChI=1S/C16H26N2O/c1-12(16(2,3)4)18(5)15(19)14(17)11-13-9-7-6-8-10-13/h6-10,12,14H,11,17H2,1-5H3. The SMILES string of the molecule is CC(N(C)C(=O)C(N)Cc1ccccc1)C(C)(C)C. The summed E-state index contributed by atoms with van der Waals surface area (Å²) in [5.41, 5.74) is 7.19. The van der Waals surface area contributed by atoms with E-state index in [1.807, 2.05) is 37.4 Å². The van der Waals surface area contributed by atoms with E-state index in [1.54, 1.807) is 4.90 Å². The van der Waals surface area contributed by atoms with Crippen molar-refractivity contribution in [2.75, 3.05) is 7.05 Å². The minimum Gasteiger partial charge on any atom is -0.341 e. The van der Waals surface area contributed by atoms with E-state index in [2.05, 4.69) is 27.7 Å². The Kier molecular flexibility index (Phi) is 5.12. The second-order valence-electron chi connectivity index (χ2n) is 6.29. The number of nitrogens with zero attached hydrogens (tertiary/aromatic N) is 1. The molecule has 1 rings (SSSR count). The van der Waals surface area contributed by atoms with Crippen LogP contribution >= 0.6 is 0 Å². The van der Waals surface area contributed by atoms with Gasteiger partial charge in [-0.2, -0.15) is 0 Å². The van der Waals surface area contributed by atoms with Crippen molar-refractivity contribution in [3.63, 3.8) is 0 Å². The third-order valence-electron chi connectivity index (χ3n) is 3.80. The summed E-state index contributed by atoms with van der Waals surface area (Å²) in [4.78, 5) is 14.1. The normalized spacial score (nSPS) is 14.8. The van der Waals surface area contributed by atoms with Gasteiger partial charge in [0.05, 0.1) is 6.04 Å². The molecule has 1 aromatic rings. The minimum absolute atomic E-state index is 0.00581. The molecule has 1 aromatic carbocycles. The van der Waals surface area contributed by atoms with Crippen LogP contribution in [-0.2, 0) is 11.2 Å². The zero-order valence-corrected chi connectivity index (χ0v) is 12.7. The molecule has 0 heterocycles. The van der Waals surface area contributed by atoms with Gasteiger partial charge < -0.3 is 10.6 Å². The molecule has 106 valence electrons. The van der Waals surface area contributed by atoms with E-state index in [0.29, 0.717) is 6.42 Å². The van der Waals surface area contributed by atoms with E-state index >= 15 is 0 Å².